The number of hydrogen-bond acceptors (Lipinski definition) is 2. The molecule has 0 unspecified atom stereocenters. The fourth-order valence-electron chi connectivity index (χ4n) is 3.52. The molecular formula is C21H29FN2. The molecule has 1 aromatic carbocycles. The fourth-order valence-corrected chi connectivity index (χ4v) is 3.52. The van der Waals surface area contributed by atoms with Gasteiger partial charge < -0.3 is 5.73 Å². The highest BCUT2D eigenvalue weighted by atomic mass is 19.1. The smallest absolute Gasteiger partial charge is 0.136 e. The monoisotopic (exact) mass is 328 g/mol. The quantitative estimate of drug-likeness (QED) is 0.680. The van der Waals surface area contributed by atoms with E-state index in [0.29, 0.717) is 28.8 Å². The van der Waals surface area contributed by atoms with Crippen molar-refractivity contribution in [1.29, 1.82) is 0 Å². The van der Waals surface area contributed by atoms with Crippen LogP contribution in [-0.2, 0) is 6.42 Å². The van der Waals surface area contributed by atoms with Gasteiger partial charge in [0.05, 0.1) is 5.70 Å². The first-order valence-electron chi connectivity index (χ1n) is 8.90. The Labute approximate surface area is 145 Å². The van der Waals surface area contributed by atoms with Gasteiger partial charge in [-0.25, -0.2) is 4.39 Å². The predicted molar refractivity (Wildman–Crippen MR) is 102 cm³/mol. The Kier molecular flexibility index (Phi) is 6.36. The van der Waals surface area contributed by atoms with Gasteiger partial charge in [-0.3, -0.25) is 4.99 Å². The molecule has 0 spiro atoms. The molecule has 2 nitrogen and oxygen atoms in total. The zero-order valence-corrected chi connectivity index (χ0v) is 15.1. The Morgan fingerprint density at radius 2 is 2.04 bits per heavy atom. The molecule has 1 aliphatic carbocycles. The van der Waals surface area contributed by atoms with Crippen LogP contribution in [-0.4, -0.2) is 6.21 Å². The summed E-state index contributed by atoms with van der Waals surface area (Å²) in [5.41, 5.74) is 9.13. The lowest BCUT2D eigenvalue weighted by molar-refractivity contribution is 0.558. The number of nitrogens with zero attached hydrogens (tertiary/aromatic N) is 1. The standard InChI is InChI=1S/C21H29FN2/c1-5-20(24-13-15(4)23)18-11-10-17(16-8-6-7-9-16)19(21(18)22)12-14(2)3/h5,10-11,13-14,16H,4,6-9,12,23H2,1-3H3/b20-5-,24-13?. The molecule has 1 fully saturated rings. The zero-order chi connectivity index (χ0) is 17.7. The van der Waals surface area contributed by atoms with Crippen LogP contribution < -0.4 is 5.73 Å². The molecule has 0 heterocycles. The number of allylic oxidation sites excluding steroid dienone is 2. The molecule has 2 N–H and O–H groups in total. The van der Waals surface area contributed by atoms with Crippen molar-refractivity contribution in [2.75, 3.05) is 0 Å². The molecule has 0 aliphatic heterocycles. The number of benzene rings is 1. The van der Waals surface area contributed by atoms with Crippen molar-refractivity contribution >= 4 is 11.9 Å². The van der Waals surface area contributed by atoms with E-state index >= 15 is 4.39 Å². The molecule has 3 heteroatoms. The summed E-state index contributed by atoms with van der Waals surface area (Å²) in [5, 5.41) is 0. The Morgan fingerprint density at radius 3 is 2.58 bits per heavy atom. The molecular weight excluding hydrogens is 299 g/mol. The number of hydrogen-bond donors (Lipinski definition) is 1. The summed E-state index contributed by atoms with van der Waals surface area (Å²) in [6, 6.07) is 3.99. The topological polar surface area (TPSA) is 38.4 Å². The van der Waals surface area contributed by atoms with Crippen LogP contribution in [0.1, 0.15) is 69.1 Å². The Hall–Kier alpha value is -1.90. The Balaban J connectivity index is 2.48. The number of aliphatic imine (C=N–C) groups is 1. The molecule has 0 radical (unpaired) electrons. The van der Waals surface area contributed by atoms with Crippen LogP contribution in [0.4, 0.5) is 4.39 Å². The molecule has 1 saturated carbocycles. The van der Waals surface area contributed by atoms with Crippen molar-refractivity contribution in [2.45, 2.75) is 58.8 Å². The molecule has 0 atom stereocenters. The molecule has 2 rings (SSSR count). The van der Waals surface area contributed by atoms with Crippen LogP contribution in [0.25, 0.3) is 5.70 Å². The van der Waals surface area contributed by atoms with Crippen molar-refractivity contribution in [3.05, 3.63) is 53.0 Å². The second-order valence-corrected chi connectivity index (χ2v) is 7.08. The maximum atomic E-state index is 15.3. The predicted octanol–water partition coefficient (Wildman–Crippen LogP) is 5.59. The van der Waals surface area contributed by atoms with Crippen LogP contribution in [0.5, 0.6) is 0 Å². The molecule has 0 saturated heterocycles. The third-order valence-corrected chi connectivity index (χ3v) is 4.61. The van der Waals surface area contributed by atoms with E-state index in [1.807, 2.05) is 19.1 Å². The summed E-state index contributed by atoms with van der Waals surface area (Å²) in [5.74, 6) is 0.793. The van der Waals surface area contributed by atoms with E-state index in [-0.39, 0.29) is 5.82 Å². The minimum absolute atomic E-state index is 0.124. The van der Waals surface area contributed by atoms with E-state index in [2.05, 4.69) is 31.5 Å². The van der Waals surface area contributed by atoms with Gasteiger partial charge in [0, 0.05) is 17.5 Å². The molecule has 130 valence electrons. The van der Waals surface area contributed by atoms with E-state index < -0.39 is 0 Å². The molecule has 0 aromatic heterocycles. The second kappa shape index (κ2) is 8.27. The lowest BCUT2D eigenvalue weighted by Crippen LogP contribution is -2.08. The van der Waals surface area contributed by atoms with Crippen LogP contribution in [0.15, 0.2) is 35.5 Å². The van der Waals surface area contributed by atoms with Crippen LogP contribution >= 0.6 is 0 Å². The van der Waals surface area contributed by atoms with Gasteiger partial charge in [-0.1, -0.05) is 45.4 Å². The van der Waals surface area contributed by atoms with Crippen molar-refractivity contribution in [1.82, 2.24) is 0 Å². The fraction of sp³-hybridized carbons (Fsp3) is 0.476. The van der Waals surface area contributed by atoms with Crippen LogP contribution in [0, 0.1) is 11.7 Å². The van der Waals surface area contributed by atoms with Crippen molar-refractivity contribution < 1.29 is 4.39 Å². The summed E-state index contributed by atoms with van der Waals surface area (Å²) < 4.78 is 15.3. The number of rotatable bonds is 6. The lowest BCUT2D eigenvalue weighted by atomic mass is 9.87. The minimum atomic E-state index is -0.124. The highest BCUT2D eigenvalue weighted by Gasteiger charge is 2.24. The zero-order valence-electron chi connectivity index (χ0n) is 15.1. The van der Waals surface area contributed by atoms with Gasteiger partial charge in [-0.05, 0) is 55.2 Å². The summed E-state index contributed by atoms with van der Waals surface area (Å²) in [7, 11) is 0. The molecule has 1 aromatic rings. The average molecular weight is 328 g/mol. The van der Waals surface area contributed by atoms with E-state index in [0.717, 1.165) is 12.0 Å². The summed E-state index contributed by atoms with van der Waals surface area (Å²) >= 11 is 0. The summed E-state index contributed by atoms with van der Waals surface area (Å²) in [4.78, 5) is 4.29. The van der Waals surface area contributed by atoms with Crippen molar-refractivity contribution in [3.63, 3.8) is 0 Å². The first kappa shape index (κ1) is 18.4. The minimum Gasteiger partial charge on any atom is -0.398 e. The van der Waals surface area contributed by atoms with Gasteiger partial charge in [-0.2, -0.15) is 0 Å². The Bertz CT molecular complexity index is 650. The summed E-state index contributed by atoms with van der Waals surface area (Å²) in [6.07, 6.45) is 8.89. The third kappa shape index (κ3) is 4.34. The maximum Gasteiger partial charge on any atom is 0.136 e. The first-order chi connectivity index (χ1) is 11.4. The first-order valence-corrected chi connectivity index (χ1v) is 8.90. The van der Waals surface area contributed by atoms with Crippen molar-refractivity contribution in [2.24, 2.45) is 16.6 Å². The van der Waals surface area contributed by atoms with E-state index in [1.54, 1.807) is 0 Å². The normalized spacial score (nSPS) is 16.5. The van der Waals surface area contributed by atoms with E-state index in [9.17, 15) is 0 Å². The lowest BCUT2D eigenvalue weighted by Gasteiger charge is -2.20. The Morgan fingerprint density at radius 1 is 1.38 bits per heavy atom. The van der Waals surface area contributed by atoms with Gasteiger partial charge in [0.2, 0.25) is 0 Å². The van der Waals surface area contributed by atoms with Gasteiger partial charge >= 0.3 is 0 Å². The van der Waals surface area contributed by atoms with Crippen molar-refractivity contribution in [3.8, 4) is 0 Å². The van der Waals surface area contributed by atoms with E-state index in [4.69, 9.17) is 5.73 Å². The van der Waals surface area contributed by atoms with Gasteiger partial charge in [-0.15, -0.1) is 0 Å². The average Bonchev–Trinajstić information content (AvgIpc) is 3.04. The summed E-state index contributed by atoms with van der Waals surface area (Å²) in [6.45, 7) is 9.74. The van der Waals surface area contributed by atoms with Crippen LogP contribution in [0.2, 0.25) is 0 Å². The van der Waals surface area contributed by atoms with Gasteiger partial charge in [0.1, 0.15) is 5.82 Å². The highest BCUT2D eigenvalue weighted by molar-refractivity contribution is 5.83. The number of halogens is 1. The molecule has 0 amide bonds. The molecule has 0 bridgehead atoms. The van der Waals surface area contributed by atoms with Crippen LogP contribution in [0.3, 0.4) is 0 Å². The third-order valence-electron chi connectivity index (χ3n) is 4.61. The molecule has 24 heavy (non-hydrogen) atoms. The second-order valence-electron chi connectivity index (χ2n) is 7.08. The maximum absolute atomic E-state index is 15.3. The van der Waals surface area contributed by atoms with E-state index in [1.165, 1.54) is 37.5 Å². The van der Waals surface area contributed by atoms with Gasteiger partial charge in [0.15, 0.2) is 0 Å². The van der Waals surface area contributed by atoms with Gasteiger partial charge in [0.25, 0.3) is 0 Å². The largest absolute Gasteiger partial charge is 0.398 e. The molecule has 1 aliphatic rings. The SMILES string of the molecule is C=C(N)C=N/C(=C\C)c1ccc(C2CCCC2)c(CC(C)C)c1F. The highest BCUT2D eigenvalue weighted by Crippen LogP contribution is 2.38. The number of nitrogens with two attached hydrogens (primary N) is 1.